The van der Waals surface area contributed by atoms with E-state index in [1.807, 2.05) is 0 Å². The molecule has 0 bridgehead atoms. The van der Waals surface area contributed by atoms with Crippen molar-refractivity contribution in [2.24, 2.45) is 5.73 Å². The van der Waals surface area contributed by atoms with Crippen LogP contribution >= 0.6 is 34.7 Å². The van der Waals surface area contributed by atoms with Gasteiger partial charge in [-0.1, -0.05) is 35.5 Å². The molecule has 3 N–H and O–H groups in total. The van der Waals surface area contributed by atoms with Gasteiger partial charge in [0.25, 0.3) is 0 Å². The van der Waals surface area contributed by atoms with Crippen LogP contribution in [-0.4, -0.2) is 59.8 Å². The lowest BCUT2D eigenvalue weighted by Crippen LogP contribution is -2.47. The number of primary amides is 1. The van der Waals surface area contributed by atoms with E-state index in [1.165, 1.54) is 29.2 Å². The monoisotopic (exact) mass is 472 g/mol. The number of hydrogen-bond acceptors (Lipinski definition) is 7. The van der Waals surface area contributed by atoms with Crippen molar-refractivity contribution in [3.63, 3.8) is 0 Å². The molecule has 1 saturated heterocycles. The number of carbonyl (C=O) groups is 2. The molecule has 30 heavy (non-hydrogen) atoms. The summed E-state index contributed by atoms with van der Waals surface area (Å²) in [6, 6.07) is 4.98. The second kappa shape index (κ2) is 11.1. The van der Waals surface area contributed by atoms with Crippen molar-refractivity contribution in [2.75, 3.05) is 32.0 Å². The number of amides is 2. The van der Waals surface area contributed by atoms with Crippen LogP contribution in [0.15, 0.2) is 27.9 Å². The molecule has 0 radical (unpaired) electrons. The number of benzene rings is 1. The van der Waals surface area contributed by atoms with Gasteiger partial charge in [0.2, 0.25) is 11.8 Å². The van der Waals surface area contributed by atoms with Gasteiger partial charge in [-0.2, -0.15) is 0 Å². The summed E-state index contributed by atoms with van der Waals surface area (Å²) < 4.78 is 20.5. The number of nitrogens with zero attached hydrogens (tertiary/aromatic N) is 2. The van der Waals surface area contributed by atoms with Gasteiger partial charge in [0.05, 0.1) is 35.6 Å². The van der Waals surface area contributed by atoms with Crippen molar-refractivity contribution in [3.05, 3.63) is 45.7 Å². The summed E-state index contributed by atoms with van der Waals surface area (Å²) in [5.41, 5.74) is 6.31. The summed E-state index contributed by atoms with van der Waals surface area (Å²) in [6.07, 6.45) is -0.0744. The van der Waals surface area contributed by atoms with Crippen molar-refractivity contribution < 1.29 is 18.7 Å². The Labute approximate surface area is 187 Å². The molecule has 2 aromatic rings. The van der Waals surface area contributed by atoms with Gasteiger partial charge in [-0.3, -0.25) is 14.5 Å². The van der Waals surface area contributed by atoms with Crippen molar-refractivity contribution in [1.29, 1.82) is 0 Å². The molecule has 0 aliphatic carbocycles. The van der Waals surface area contributed by atoms with Gasteiger partial charge in [0.15, 0.2) is 4.34 Å². The fraction of sp³-hybridized carbons (Fsp3) is 0.421. The van der Waals surface area contributed by atoms with E-state index in [-0.39, 0.29) is 29.2 Å². The molecular weight excluding hydrogens is 451 g/mol. The van der Waals surface area contributed by atoms with Crippen LogP contribution in [0.1, 0.15) is 11.3 Å². The molecule has 2 heterocycles. The van der Waals surface area contributed by atoms with Gasteiger partial charge in [-0.15, -0.1) is 11.3 Å². The molecule has 7 nitrogen and oxygen atoms in total. The Morgan fingerprint density at radius 3 is 3.10 bits per heavy atom. The van der Waals surface area contributed by atoms with Crippen LogP contribution in [0.25, 0.3) is 0 Å². The molecule has 2 amide bonds. The Balaban J connectivity index is 1.40. The third kappa shape index (κ3) is 6.92. The fourth-order valence-corrected chi connectivity index (χ4v) is 4.85. The number of nitrogens with two attached hydrogens (primary N) is 1. The van der Waals surface area contributed by atoms with Gasteiger partial charge >= 0.3 is 0 Å². The van der Waals surface area contributed by atoms with Gasteiger partial charge in [-0.25, -0.2) is 9.37 Å². The predicted molar refractivity (Wildman–Crippen MR) is 115 cm³/mol. The average molecular weight is 473 g/mol. The topological polar surface area (TPSA) is 97.5 Å². The second-order valence-corrected chi connectivity index (χ2v) is 9.27. The standard InChI is InChI=1S/C19H22ClFN4O3S2/c20-15-3-1-2-12(18(15)21)8-25-4-5-28-14(9-25)7-23-17(27)11-30-19-24-13(10-29-19)6-16(22)26/h1-3,10,14H,4-9,11H2,(H2,22,26)(H,23,27)/t14-/m0/s1. The van der Waals surface area contributed by atoms with Gasteiger partial charge < -0.3 is 15.8 Å². The molecular formula is C19H22ClFN4O3S2. The summed E-state index contributed by atoms with van der Waals surface area (Å²) in [5.74, 6) is -0.746. The molecule has 1 aromatic heterocycles. The highest BCUT2D eigenvalue weighted by molar-refractivity contribution is 8.01. The number of thiazole rings is 1. The van der Waals surface area contributed by atoms with Crippen LogP contribution in [0.5, 0.6) is 0 Å². The van der Waals surface area contributed by atoms with Gasteiger partial charge in [0.1, 0.15) is 5.82 Å². The van der Waals surface area contributed by atoms with E-state index in [2.05, 4.69) is 15.2 Å². The Hall–Kier alpha value is -1.72. The van der Waals surface area contributed by atoms with Gasteiger partial charge in [-0.05, 0) is 6.07 Å². The zero-order valence-corrected chi connectivity index (χ0v) is 18.5. The van der Waals surface area contributed by atoms with Crippen LogP contribution < -0.4 is 11.1 Å². The second-order valence-electron chi connectivity index (χ2n) is 6.78. The Bertz CT molecular complexity index is 898. The van der Waals surface area contributed by atoms with Crippen LogP contribution in [0.4, 0.5) is 4.39 Å². The molecule has 0 unspecified atom stereocenters. The largest absolute Gasteiger partial charge is 0.374 e. The Morgan fingerprint density at radius 2 is 2.30 bits per heavy atom. The lowest BCUT2D eigenvalue weighted by Gasteiger charge is -2.33. The quantitative estimate of drug-likeness (QED) is 0.542. The highest BCUT2D eigenvalue weighted by Crippen LogP contribution is 2.23. The Morgan fingerprint density at radius 1 is 1.47 bits per heavy atom. The van der Waals surface area contributed by atoms with E-state index in [0.717, 1.165) is 0 Å². The Kier molecular flexibility index (Phi) is 8.46. The molecule has 0 spiro atoms. The number of aromatic nitrogens is 1. The first kappa shape index (κ1) is 23.0. The first-order chi connectivity index (χ1) is 14.4. The van der Waals surface area contributed by atoms with Crippen molar-refractivity contribution in [3.8, 4) is 0 Å². The average Bonchev–Trinajstić information content (AvgIpc) is 3.15. The third-order valence-corrected chi connectivity index (χ3v) is 6.75. The molecule has 1 aliphatic heterocycles. The lowest BCUT2D eigenvalue weighted by molar-refractivity contribution is -0.120. The number of rotatable bonds is 9. The minimum atomic E-state index is -0.436. The molecule has 1 aromatic carbocycles. The molecule has 1 fully saturated rings. The minimum absolute atomic E-state index is 0.0951. The highest BCUT2D eigenvalue weighted by atomic mass is 35.5. The number of hydrogen-bond donors (Lipinski definition) is 2. The summed E-state index contributed by atoms with van der Waals surface area (Å²) in [6.45, 7) is 2.60. The van der Waals surface area contributed by atoms with Crippen molar-refractivity contribution in [2.45, 2.75) is 23.4 Å². The maximum atomic E-state index is 14.1. The first-order valence-corrected chi connectivity index (χ1v) is 11.5. The number of halogens is 2. The first-order valence-electron chi connectivity index (χ1n) is 9.29. The maximum Gasteiger partial charge on any atom is 0.230 e. The predicted octanol–water partition coefficient (Wildman–Crippen LogP) is 2.07. The van der Waals surface area contributed by atoms with E-state index < -0.39 is 11.7 Å². The number of carbonyl (C=O) groups excluding carboxylic acids is 2. The molecule has 1 aliphatic rings. The molecule has 11 heteroatoms. The summed E-state index contributed by atoms with van der Waals surface area (Å²) in [5, 5.41) is 4.74. The van der Waals surface area contributed by atoms with Crippen LogP contribution in [0.2, 0.25) is 5.02 Å². The maximum absolute atomic E-state index is 14.1. The fourth-order valence-electron chi connectivity index (χ4n) is 2.98. The zero-order valence-electron chi connectivity index (χ0n) is 16.1. The summed E-state index contributed by atoms with van der Waals surface area (Å²) in [4.78, 5) is 29.4. The minimum Gasteiger partial charge on any atom is -0.374 e. The van der Waals surface area contributed by atoms with Crippen LogP contribution in [0, 0.1) is 5.82 Å². The van der Waals surface area contributed by atoms with Gasteiger partial charge in [0, 0.05) is 37.1 Å². The normalized spacial score (nSPS) is 17.1. The van der Waals surface area contributed by atoms with Crippen LogP contribution in [-0.2, 0) is 27.3 Å². The molecule has 0 saturated carbocycles. The van der Waals surface area contributed by atoms with E-state index in [0.29, 0.717) is 48.4 Å². The van der Waals surface area contributed by atoms with E-state index in [1.54, 1.807) is 17.5 Å². The highest BCUT2D eigenvalue weighted by Gasteiger charge is 2.22. The molecule has 162 valence electrons. The number of ether oxygens (including phenoxy) is 1. The van der Waals surface area contributed by atoms with Crippen molar-refractivity contribution >= 4 is 46.5 Å². The van der Waals surface area contributed by atoms with E-state index in [4.69, 9.17) is 22.1 Å². The molecule has 3 rings (SSSR count). The number of morpholine rings is 1. The molecule has 1 atom stereocenters. The summed E-state index contributed by atoms with van der Waals surface area (Å²) >= 11 is 8.53. The SMILES string of the molecule is NC(=O)Cc1csc(SCC(=O)NC[C@H]2CN(Cc3cccc(Cl)c3F)CCO2)n1. The van der Waals surface area contributed by atoms with E-state index >= 15 is 0 Å². The smallest absolute Gasteiger partial charge is 0.230 e. The summed E-state index contributed by atoms with van der Waals surface area (Å²) in [7, 11) is 0. The van der Waals surface area contributed by atoms with Crippen molar-refractivity contribution in [1.82, 2.24) is 15.2 Å². The number of nitrogens with one attached hydrogen (secondary N) is 1. The van der Waals surface area contributed by atoms with E-state index in [9.17, 15) is 14.0 Å². The van der Waals surface area contributed by atoms with Crippen LogP contribution in [0.3, 0.4) is 0 Å². The number of thioether (sulfide) groups is 1. The lowest BCUT2D eigenvalue weighted by atomic mass is 10.1. The zero-order chi connectivity index (χ0) is 21.5. The third-order valence-electron chi connectivity index (χ3n) is 4.39.